The average molecular weight is 487 g/mol. The number of rotatable bonds is 9. The van der Waals surface area contributed by atoms with Gasteiger partial charge in [0.25, 0.3) is 0 Å². The second-order valence-electron chi connectivity index (χ2n) is 9.45. The highest BCUT2D eigenvalue weighted by atomic mass is 32.1. The molecule has 0 saturated carbocycles. The molecule has 0 spiro atoms. The summed E-state index contributed by atoms with van der Waals surface area (Å²) in [4.78, 5) is 14.7. The molecule has 3 fully saturated rings. The van der Waals surface area contributed by atoms with E-state index in [0.717, 1.165) is 63.0 Å². The molecule has 0 aromatic carbocycles. The highest BCUT2D eigenvalue weighted by Gasteiger charge is 2.51. The first-order chi connectivity index (χ1) is 16.1. The molecule has 1 aliphatic carbocycles. The first kappa shape index (κ1) is 23.0. The Bertz CT molecular complexity index is 940. The van der Waals surface area contributed by atoms with Crippen molar-refractivity contribution in [2.45, 2.75) is 43.5 Å². The normalized spacial score (nSPS) is 28.8. The van der Waals surface area contributed by atoms with Crippen molar-refractivity contribution in [3.8, 4) is 0 Å². The second kappa shape index (κ2) is 9.84. The van der Waals surface area contributed by atoms with E-state index in [2.05, 4.69) is 24.3 Å². The Morgan fingerprint density at radius 1 is 1.12 bits per heavy atom. The zero-order valence-electron chi connectivity index (χ0n) is 18.8. The van der Waals surface area contributed by atoms with Crippen LogP contribution in [0.2, 0.25) is 0 Å². The van der Waals surface area contributed by atoms with E-state index in [9.17, 15) is 9.90 Å². The lowest BCUT2D eigenvalue weighted by atomic mass is 9.83. The maximum Gasteiger partial charge on any atom is 0.349 e. The summed E-state index contributed by atoms with van der Waals surface area (Å²) in [5, 5.41) is 15.3. The van der Waals surface area contributed by atoms with Gasteiger partial charge in [0.1, 0.15) is 6.54 Å². The van der Waals surface area contributed by atoms with Crippen LogP contribution in [0.25, 0.3) is 0 Å². The van der Waals surface area contributed by atoms with Crippen LogP contribution in [-0.4, -0.2) is 60.6 Å². The smallest absolute Gasteiger partial charge is 0.349 e. The monoisotopic (exact) mass is 486 g/mol. The molecule has 2 unspecified atom stereocenters. The SMILES string of the molecule is O=C(OC1C[N+]2(CCCOC3C=CC=CC3)CCC1CC2)C(O)(c1cccs1)c1cccs1. The van der Waals surface area contributed by atoms with Gasteiger partial charge in [-0.15, -0.1) is 22.7 Å². The van der Waals surface area contributed by atoms with Crippen LogP contribution in [0.4, 0.5) is 0 Å². The van der Waals surface area contributed by atoms with Gasteiger partial charge in [-0.2, -0.15) is 0 Å². The third kappa shape index (κ3) is 4.75. The summed E-state index contributed by atoms with van der Waals surface area (Å²) in [7, 11) is 0. The summed E-state index contributed by atoms with van der Waals surface area (Å²) < 4.78 is 13.2. The maximum absolute atomic E-state index is 13.4. The quantitative estimate of drug-likeness (QED) is 0.322. The molecule has 4 aliphatic rings. The second-order valence-corrected chi connectivity index (χ2v) is 11.3. The molecule has 1 N–H and O–H groups in total. The lowest BCUT2D eigenvalue weighted by Gasteiger charge is -2.52. The molecule has 2 aromatic rings. The first-order valence-electron chi connectivity index (χ1n) is 11.9. The highest BCUT2D eigenvalue weighted by Crippen LogP contribution is 2.40. The van der Waals surface area contributed by atoms with E-state index in [0.29, 0.717) is 15.7 Å². The Hall–Kier alpha value is -1.77. The number of quaternary nitrogens is 1. The number of thiophene rings is 2. The number of fused-ring (bicyclic) bond motifs is 3. The van der Waals surface area contributed by atoms with Crippen molar-refractivity contribution in [1.29, 1.82) is 0 Å². The Labute approximate surface area is 203 Å². The van der Waals surface area contributed by atoms with Crippen LogP contribution in [0.3, 0.4) is 0 Å². The molecular formula is C26H32NO4S2+. The Balaban J connectivity index is 1.22. The number of allylic oxidation sites excluding steroid dienone is 2. The van der Waals surface area contributed by atoms with Crippen LogP contribution >= 0.6 is 22.7 Å². The Morgan fingerprint density at radius 2 is 1.85 bits per heavy atom. The molecule has 0 amide bonds. The van der Waals surface area contributed by atoms with Crippen molar-refractivity contribution in [2.75, 3.05) is 32.8 Å². The van der Waals surface area contributed by atoms with Gasteiger partial charge in [0.2, 0.25) is 5.60 Å². The number of carbonyl (C=O) groups is 1. The summed E-state index contributed by atoms with van der Waals surface area (Å²) >= 11 is 2.77. The molecule has 0 radical (unpaired) electrons. The predicted octanol–water partition coefficient (Wildman–Crippen LogP) is 4.49. The molecule has 33 heavy (non-hydrogen) atoms. The molecule has 2 atom stereocenters. The molecule has 176 valence electrons. The van der Waals surface area contributed by atoms with Crippen LogP contribution < -0.4 is 0 Å². The predicted molar refractivity (Wildman–Crippen MR) is 131 cm³/mol. The van der Waals surface area contributed by atoms with Crippen molar-refractivity contribution < 1.29 is 23.9 Å². The molecular weight excluding hydrogens is 454 g/mol. The van der Waals surface area contributed by atoms with Crippen LogP contribution in [-0.2, 0) is 19.9 Å². The third-order valence-electron chi connectivity index (χ3n) is 7.40. The first-order valence-corrected chi connectivity index (χ1v) is 13.7. The Kier molecular flexibility index (Phi) is 6.86. The summed E-state index contributed by atoms with van der Waals surface area (Å²) in [6.07, 6.45) is 12.6. The highest BCUT2D eigenvalue weighted by molar-refractivity contribution is 7.12. The fourth-order valence-corrected chi connectivity index (χ4v) is 7.21. The summed E-state index contributed by atoms with van der Waals surface area (Å²) in [6, 6.07) is 7.35. The number of ether oxygens (including phenoxy) is 2. The molecule has 3 aliphatic heterocycles. The number of aliphatic hydroxyl groups is 1. The lowest BCUT2D eigenvalue weighted by Crippen LogP contribution is -2.65. The van der Waals surface area contributed by atoms with Gasteiger partial charge in [-0.25, -0.2) is 4.79 Å². The zero-order chi connectivity index (χ0) is 22.7. The third-order valence-corrected chi connectivity index (χ3v) is 9.36. The molecule has 2 bridgehead atoms. The van der Waals surface area contributed by atoms with Gasteiger partial charge in [-0.05, 0) is 29.3 Å². The average Bonchev–Trinajstić information content (AvgIpc) is 3.58. The van der Waals surface area contributed by atoms with Crippen molar-refractivity contribution in [1.82, 2.24) is 0 Å². The van der Waals surface area contributed by atoms with E-state index < -0.39 is 11.6 Å². The van der Waals surface area contributed by atoms with Crippen LogP contribution in [0.5, 0.6) is 0 Å². The molecule has 3 saturated heterocycles. The molecule has 5 heterocycles. The number of hydrogen-bond donors (Lipinski definition) is 1. The Morgan fingerprint density at radius 3 is 2.45 bits per heavy atom. The van der Waals surface area contributed by atoms with E-state index in [1.54, 1.807) is 0 Å². The molecule has 6 rings (SSSR count). The van der Waals surface area contributed by atoms with Crippen LogP contribution in [0.15, 0.2) is 59.3 Å². The number of piperidine rings is 3. The van der Waals surface area contributed by atoms with Crippen molar-refractivity contribution in [3.63, 3.8) is 0 Å². The van der Waals surface area contributed by atoms with Gasteiger partial charge in [-0.1, -0.05) is 36.4 Å². The van der Waals surface area contributed by atoms with Gasteiger partial charge in [0.15, 0.2) is 6.10 Å². The minimum atomic E-state index is -1.73. The topological polar surface area (TPSA) is 55.8 Å². The minimum Gasteiger partial charge on any atom is -0.453 e. The number of nitrogens with zero attached hydrogens (tertiary/aromatic N) is 1. The zero-order valence-corrected chi connectivity index (χ0v) is 20.4. The minimum absolute atomic E-state index is 0.140. The van der Waals surface area contributed by atoms with Crippen LogP contribution in [0, 0.1) is 5.92 Å². The van der Waals surface area contributed by atoms with Gasteiger partial charge < -0.3 is 19.1 Å². The van der Waals surface area contributed by atoms with E-state index in [-0.39, 0.29) is 12.2 Å². The van der Waals surface area contributed by atoms with Crippen molar-refractivity contribution in [3.05, 3.63) is 69.1 Å². The van der Waals surface area contributed by atoms with Crippen molar-refractivity contribution >= 4 is 28.6 Å². The van der Waals surface area contributed by atoms with Gasteiger partial charge in [0, 0.05) is 25.2 Å². The molecule has 5 nitrogen and oxygen atoms in total. The largest absolute Gasteiger partial charge is 0.453 e. The van der Waals surface area contributed by atoms with E-state index in [1.165, 1.54) is 22.7 Å². The standard InChI is InChI=1S/C26H32NO4S2/c28-25(26(29,23-9-4-17-32-23)24-10-5-18-33-24)31-22-19-27(14-11-20(22)12-15-27)13-6-16-30-21-7-2-1-3-8-21/h1-5,7,9-10,17-18,20-22,29H,6,8,11-16,19H2/q+1. The molecule has 2 aromatic heterocycles. The number of esters is 1. The van der Waals surface area contributed by atoms with E-state index in [4.69, 9.17) is 9.47 Å². The maximum atomic E-state index is 13.4. The summed E-state index contributed by atoms with van der Waals surface area (Å²) in [6.45, 7) is 4.93. The lowest BCUT2D eigenvalue weighted by molar-refractivity contribution is -0.946. The van der Waals surface area contributed by atoms with E-state index in [1.807, 2.05) is 35.0 Å². The summed E-state index contributed by atoms with van der Waals surface area (Å²) in [5.74, 6) is -0.148. The van der Waals surface area contributed by atoms with E-state index >= 15 is 0 Å². The number of carbonyl (C=O) groups excluding carboxylic acids is 1. The van der Waals surface area contributed by atoms with Gasteiger partial charge in [0.05, 0.1) is 42.1 Å². The van der Waals surface area contributed by atoms with Crippen LogP contribution in [0.1, 0.15) is 35.4 Å². The van der Waals surface area contributed by atoms with Crippen molar-refractivity contribution in [2.24, 2.45) is 5.92 Å². The summed E-state index contributed by atoms with van der Waals surface area (Å²) in [5.41, 5.74) is -1.73. The van der Waals surface area contributed by atoms with Gasteiger partial charge in [-0.3, -0.25) is 0 Å². The van der Waals surface area contributed by atoms with Gasteiger partial charge >= 0.3 is 5.97 Å². The number of hydrogen-bond acceptors (Lipinski definition) is 6. The fourth-order valence-electron chi connectivity index (χ4n) is 5.50. The molecule has 7 heteroatoms. The fraction of sp³-hybridized carbons (Fsp3) is 0.500.